The van der Waals surface area contributed by atoms with Gasteiger partial charge in [-0.2, -0.15) is 0 Å². The van der Waals surface area contributed by atoms with E-state index in [1.807, 2.05) is 11.4 Å². The first kappa shape index (κ1) is 17.9. The second kappa shape index (κ2) is 9.01. The molecule has 3 rings (SSSR count). The summed E-state index contributed by atoms with van der Waals surface area (Å²) in [5.41, 5.74) is 0.955. The first-order valence-electron chi connectivity index (χ1n) is 8.44. The summed E-state index contributed by atoms with van der Waals surface area (Å²) < 4.78 is 5.21. The molecule has 0 aliphatic heterocycles. The van der Waals surface area contributed by atoms with Gasteiger partial charge in [0, 0.05) is 11.3 Å². The van der Waals surface area contributed by atoms with Crippen molar-refractivity contribution in [1.82, 2.24) is 5.32 Å². The minimum absolute atomic E-state index is 0.0900. The molecule has 0 radical (unpaired) electrons. The largest absolute Gasteiger partial charge is 0.467 e. The minimum atomic E-state index is -0.254. The second-order valence-corrected chi connectivity index (χ2v) is 6.82. The van der Waals surface area contributed by atoms with Gasteiger partial charge in [0.15, 0.2) is 0 Å². The lowest BCUT2D eigenvalue weighted by Gasteiger charge is -2.11. The van der Waals surface area contributed by atoms with Crippen molar-refractivity contribution in [3.63, 3.8) is 0 Å². The van der Waals surface area contributed by atoms with E-state index in [0.717, 1.165) is 12.8 Å². The summed E-state index contributed by atoms with van der Waals surface area (Å²) in [6.45, 7) is 0.301. The van der Waals surface area contributed by atoms with Gasteiger partial charge in [0.2, 0.25) is 5.91 Å². The molecule has 0 unspecified atom stereocenters. The molecule has 0 aliphatic rings. The highest BCUT2D eigenvalue weighted by Crippen LogP contribution is 2.17. The average Bonchev–Trinajstić information content (AvgIpc) is 3.34. The molecule has 2 N–H and O–H groups in total. The van der Waals surface area contributed by atoms with Crippen molar-refractivity contribution in [2.75, 3.05) is 5.32 Å². The molecule has 0 saturated heterocycles. The summed E-state index contributed by atoms with van der Waals surface area (Å²) in [7, 11) is 0. The molecule has 26 heavy (non-hydrogen) atoms. The molecule has 134 valence electrons. The number of benzene rings is 1. The maximum absolute atomic E-state index is 12.4. The summed E-state index contributed by atoms with van der Waals surface area (Å²) in [6.07, 6.45) is 3.64. The van der Waals surface area contributed by atoms with E-state index in [9.17, 15) is 9.59 Å². The fourth-order valence-corrected chi connectivity index (χ4v) is 3.31. The highest BCUT2D eigenvalue weighted by atomic mass is 32.1. The van der Waals surface area contributed by atoms with E-state index >= 15 is 0 Å². The van der Waals surface area contributed by atoms with Crippen LogP contribution in [-0.4, -0.2) is 11.8 Å². The monoisotopic (exact) mass is 368 g/mol. The number of amides is 2. The van der Waals surface area contributed by atoms with E-state index in [4.69, 9.17) is 4.42 Å². The van der Waals surface area contributed by atoms with E-state index in [-0.39, 0.29) is 11.8 Å². The molecular weight excluding hydrogens is 348 g/mol. The Balaban J connectivity index is 1.54. The Morgan fingerprint density at radius 2 is 1.92 bits per heavy atom. The van der Waals surface area contributed by atoms with Crippen LogP contribution in [-0.2, 0) is 17.8 Å². The number of anilines is 1. The molecular formula is C20H20N2O3S. The molecule has 2 amide bonds. The summed E-state index contributed by atoms with van der Waals surface area (Å²) in [4.78, 5) is 25.9. The number of furan rings is 1. The molecule has 1 aromatic carbocycles. The molecule has 2 heterocycles. The first-order valence-corrected chi connectivity index (χ1v) is 9.32. The highest BCUT2D eigenvalue weighted by molar-refractivity contribution is 7.09. The van der Waals surface area contributed by atoms with Crippen LogP contribution in [0.15, 0.2) is 64.6 Å². The maximum Gasteiger partial charge on any atom is 0.253 e. The number of nitrogens with one attached hydrogen (secondary N) is 2. The van der Waals surface area contributed by atoms with Gasteiger partial charge in [-0.3, -0.25) is 9.59 Å². The zero-order valence-electron chi connectivity index (χ0n) is 14.2. The predicted molar refractivity (Wildman–Crippen MR) is 102 cm³/mol. The average molecular weight is 368 g/mol. The Kier molecular flexibility index (Phi) is 6.22. The molecule has 3 aromatic rings. The topological polar surface area (TPSA) is 71.3 Å². The lowest BCUT2D eigenvalue weighted by molar-refractivity contribution is -0.116. The van der Waals surface area contributed by atoms with Gasteiger partial charge in [-0.05, 0) is 48.6 Å². The van der Waals surface area contributed by atoms with Crippen molar-refractivity contribution in [1.29, 1.82) is 0 Å². The van der Waals surface area contributed by atoms with Crippen LogP contribution in [0.4, 0.5) is 5.69 Å². The third kappa shape index (κ3) is 5.07. The molecule has 0 aliphatic carbocycles. The Hall–Kier alpha value is -2.86. The first-order chi connectivity index (χ1) is 12.7. The number of thiophene rings is 1. The van der Waals surface area contributed by atoms with Crippen LogP contribution in [0.25, 0.3) is 0 Å². The molecule has 2 aromatic heterocycles. The number of carbonyl (C=O) groups excluding carboxylic acids is 2. The summed E-state index contributed by atoms with van der Waals surface area (Å²) in [5.74, 6) is 0.331. The Morgan fingerprint density at radius 1 is 1.04 bits per heavy atom. The van der Waals surface area contributed by atoms with Gasteiger partial charge in [0.05, 0.1) is 24.1 Å². The maximum atomic E-state index is 12.4. The number of hydrogen-bond donors (Lipinski definition) is 2. The number of carbonyl (C=O) groups is 2. The quantitative estimate of drug-likeness (QED) is 0.625. The molecule has 0 atom stereocenters. The lowest BCUT2D eigenvalue weighted by Crippen LogP contribution is -2.24. The van der Waals surface area contributed by atoms with E-state index in [2.05, 4.69) is 16.7 Å². The molecule has 0 spiro atoms. The lowest BCUT2D eigenvalue weighted by atomic mass is 10.1. The zero-order chi connectivity index (χ0) is 18.2. The van der Waals surface area contributed by atoms with E-state index in [1.165, 1.54) is 4.88 Å². The molecule has 0 fully saturated rings. The second-order valence-electron chi connectivity index (χ2n) is 5.79. The van der Waals surface area contributed by atoms with Crippen molar-refractivity contribution in [3.05, 3.63) is 76.4 Å². The van der Waals surface area contributed by atoms with Crippen LogP contribution in [0.1, 0.15) is 33.8 Å². The minimum Gasteiger partial charge on any atom is -0.467 e. The predicted octanol–water partition coefficient (Wildman–Crippen LogP) is 4.23. The van der Waals surface area contributed by atoms with E-state index in [0.29, 0.717) is 30.0 Å². The third-order valence-corrected chi connectivity index (χ3v) is 4.79. The van der Waals surface area contributed by atoms with Gasteiger partial charge >= 0.3 is 0 Å². The number of rotatable bonds is 8. The van der Waals surface area contributed by atoms with Crippen molar-refractivity contribution in [2.45, 2.75) is 25.8 Å². The summed E-state index contributed by atoms with van der Waals surface area (Å²) >= 11 is 1.70. The Bertz CT molecular complexity index is 842. The number of para-hydroxylation sites is 1. The number of hydrogen-bond acceptors (Lipinski definition) is 4. The Labute approximate surface area is 156 Å². The fraction of sp³-hybridized carbons (Fsp3) is 0.200. The van der Waals surface area contributed by atoms with Crippen LogP contribution < -0.4 is 10.6 Å². The van der Waals surface area contributed by atoms with Crippen LogP contribution in [0.2, 0.25) is 0 Å². The zero-order valence-corrected chi connectivity index (χ0v) is 15.1. The summed E-state index contributed by atoms with van der Waals surface area (Å²) in [5, 5.41) is 7.67. The normalized spacial score (nSPS) is 10.5. The molecule has 6 heteroatoms. The number of aryl methyl sites for hydroxylation is 1. The van der Waals surface area contributed by atoms with Gasteiger partial charge in [-0.15, -0.1) is 11.3 Å². The van der Waals surface area contributed by atoms with Gasteiger partial charge in [0.1, 0.15) is 5.76 Å². The van der Waals surface area contributed by atoms with Gasteiger partial charge in [0.25, 0.3) is 5.91 Å². The van der Waals surface area contributed by atoms with Gasteiger partial charge in [-0.1, -0.05) is 18.2 Å². The third-order valence-electron chi connectivity index (χ3n) is 3.86. The summed E-state index contributed by atoms with van der Waals surface area (Å²) in [6, 6.07) is 14.6. The SMILES string of the molecule is O=C(CCCc1cccs1)Nc1ccccc1C(=O)NCc1ccco1. The standard InChI is InChI=1S/C20H20N2O3S/c23-19(11-3-7-16-8-5-13-26-16)22-18-10-2-1-9-17(18)20(24)21-14-15-6-4-12-25-15/h1-2,4-6,8-10,12-13H,3,7,11,14H2,(H,21,24)(H,22,23). The Morgan fingerprint density at radius 3 is 2.69 bits per heavy atom. The van der Waals surface area contributed by atoms with Crippen molar-refractivity contribution < 1.29 is 14.0 Å². The molecule has 0 bridgehead atoms. The van der Waals surface area contributed by atoms with Gasteiger partial charge < -0.3 is 15.1 Å². The van der Waals surface area contributed by atoms with Gasteiger partial charge in [-0.25, -0.2) is 0 Å². The van der Waals surface area contributed by atoms with E-state index in [1.54, 1.807) is 54.0 Å². The smallest absolute Gasteiger partial charge is 0.253 e. The van der Waals surface area contributed by atoms with E-state index < -0.39 is 0 Å². The van der Waals surface area contributed by atoms with Crippen LogP contribution in [0, 0.1) is 0 Å². The molecule has 5 nitrogen and oxygen atoms in total. The van der Waals surface area contributed by atoms with Crippen LogP contribution in [0.3, 0.4) is 0 Å². The van der Waals surface area contributed by atoms with Crippen molar-refractivity contribution >= 4 is 28.8 Å². The van der Waals surface area contributed by atoms with Crippen LogP contribution >= 0.6 is 11.3 Å². The molecule has 0 saturated carbocycles. The van der Waals surface area contributed by atoms with Crippen molar-refractivity contribution in [3.8, 4) is 0 Å². The fourth-order valence-electron chi connectivity index (χ4n) is 2.56. The highest BCUT2D eigenvalue weighted by Gasteiger charge is 2.13. The van der Waals surface area contributed by atoms with Crippen molar-refractivity contribution in [2.24, 2.45) is 0 Å². The van der Waals surface area contributed by atoms with Crippen LogP contribution in [0.5, 0.6) is 0 Å².